The first kappa shape index (κ1) is 13.6. The van der Waals surface area contributed by atoms with Crippen molar-refractivity contribution in [2.45, 2.75) is 18.9 Å². The van der Waals surface area contributed by atoms with E-state index in [4.69, 9.17) is 4.74 Å². The summed E-state index contributed by atoms with van der Waals surface area (Å²) in [4.78, 5) is 16.5. The second kappa shape index (κ2) is 5.93. The summed E-state index contributed by atoms with van der Waals surface area (Å²) in [6.07, 6.45) is 6.24. The summed E-state index contributed by atoms with van der Waals surface area (Å²) in [5.74, 6) is 0.226. The summed E-state index contributed by atoms with van der Waals surface area (Å²) in [5.41, 5.74) is 1.22. The van der Waals surface area contributed by atoms with Gasteiger partial charge in [0.15, 0.2) is 0 Å². The normalized spacial score (nSPS) is 24.2. The molecule has 1 atom stereocenters. The van der Waals surface area contributed by atoms with E-state index in [0.29, 0.717) is 25.8 Å². The van der Waals surface area contributed by atoms with E-state index in [1.807, 2.05) is 22.8 Å². The van der Waals surface area contributed by atoms with E-state index in [1.165, 1.54) is 5.56 Å². The molecule has 0 saturated carbocycles. The van der Waals surface area contributed by atoms with Crippen LogP contribution in [-0.4, -0.2) is 64.9 Å². The zero-order valence-electron chi connectivity index (χ0n) is 12.0. The van der Waals surface area contributed by atoms with Crippen LogP contribution in [-0.2, 0) is 16.6 Å². The van der Waals surface area contributed by atoms with Crippen LogP contribution >= 0.6 is 0 Å². The molecule has 0 N–H and O–H groups in total. The molecule has 0 aromatic carbocycles. The number of rotatable bonds is 3. The molecule has 0 unspecified atom stereocenters. The molecule has 1 aromatic rings. The molecule has 3 rings (SSSR count). The standard InChI is InChI=1S/C14H22N4O2/c1-16-10-12(9-15-16)13-3-2-4-18(13)11-14(19)17-5-7-20-8-6-17/h9-10,13H,2-8,11H2,1H3/t13-/m1/s1. The van der Waals surface area contributed by atoms with Crippen molar-refractivity contribution in [3.8, 4) is 0 Å². The number of amides is 1. The molecule has 3 heterocycles. The number of hydrogen-bond donors (Lipinski definition) is 0. The number of hydrogen-bond acceptors (Lipinski definition) is 4. The zero-order valence-corrected chi connectivity index (χ0v) is 12.0. The Kier molecular flexibility index (Phi) is 4.03. The molecule has 1 amide bonds. The van der Waals surface area contributed by atoms with Crippen molar-refractivity contribution in [2.24, 2.45) is 7.05 Å². The topological polar surface area (TPSA) is 50.6 Å². The average molecular weight is 278 g/mol. The lowest BCUT2D eigenvalue weighted by Crippen LogP contribution is -2.45. The van der Waals surface area contributed by atoms with Gasteiger partial charge in [-0.3, -0.25) is 14.4 Å². The zero-order chi connectivity index (χ0) is 13.9. The van der Waals surface area contributed by atoms with Gasteiger partial charge >= 0.3 is 0 Å². The maximum Gasteiger partial charge on any atom is 0.236 e. The van der Waals surface area contributed by atoms with E-state index in [-0.39, 0.29) is 5.91 Å². The molecule has 2 aliphatic heterocycles. The van der Waals surface area contributed by atoms with Gasteiger partial charge in [0, 0.05) is 37.9 Å². The van der Waals surface area contributed by atoms with E-state index in [1.54, 1.807) is 0 Å². The van der Waals surface area contributed by atoms with Crippen molar-refractivity contribution >= 4 is 5.91 Å². The van der Waals surface area contributed by atoms with Gasteiger partial charge in [0.2, 0.25) is 5.91 Å². The molecule has 6 heteroatoms. The van der Waals surface area contributed by atoms with Gasteiger partial charge in [-0.2, -0.15) is 5.10 Å². The minimum absolute atomic E-state index is 0.226. The lowest BCUT2D eigenvalue weighted by molar-refractivity contribution is -0.136. The maximum atomic E-state index is 12.3. The minimum Gasteiger partial charge on any atom is -0.378 e. The van der Waals surface area contributed by atoms with Gasteiger partial charge in [0.05, 0.1) is 26.0 Å². The maximum absolute atomic E-state index is 12.3. The monoisotopic (exact) mass is 278 g/mol. The largest absolute Gasteiger partial charge is 0.378 e. The summed E-state index contributed by atoms with van der Waals surface area (Å²) in [5, 5.41) is 4.24. The van der Waals surface area contributed by atoms with Crippen LogP contribution in [0.5, 0.6) is 0 Å². The summed E-state index contributed by atoms with van der Waals surface area (Å²) >= 11 is 0. The number of ether oxygens (including phenoxy) is 1. The summed E-state index contributed by atoms with van der Waals surface area (Å²) < 4.78 is 7.12. The fourth-order valence-electron chi connectivity index (χ4n) is 3.09. The van der Waals surface area contributed by atoms with Crippen molar-refractivity contribution in [1.82, 2.24) is 19.6 Å². The van der Waals surface area contributed by atoms with Gasteiger partial charge in [0.25, 0.3) is 0 Å². The first-order chi connectivity index (χ1) is 9.74. The SMILES string of the molecule is Cn1cc([C@H]2CCCN2CC(=O)N2CCOCC2)cn1. The summed E-state index contributed by atoms with van der Waals surface area (Å²) in [6, 6.07) is 0.341. The van der Waals surface area contributed by atoms with E-state index < -0.39 is 0 Å². The van der Waals surface area contributed by atoms with E-state index in [2.05, 4.69) is 16.2 Å². The highest BCUT2D eigenvalue weighted by Gasteiger charge is 2.30. The highest BCUT2D eigenvalue weighted by atomic mass is 16.5. The van der Waals surface area contributed by atoms with Crippen LogP contribution < -0.4 is 0 Å². The fourth-order valence-corrected chi connectivity index (χ4v) is 3.09. The summed E-state index contributed by atoms with van der Waals surface area (Å²) in [6.45, 7) is 4.29. The van der Waals surface area contributed by atoms with Gasteiger partial charge in [-0.15, -0.1) is 0 Å². The Bertz CT molecular complexity index is 467. The molecular formula is C14H22N4O2. The molecule has 1 aromatic heterocycles. The van der Waals surface area contributed by atoms with Crippen LogP contribution in [0.4, 0.5) is 0 Å². The Morgan fingerprint density at radius 1 is 1.40 bits per heavy atom. The fraction of sp³-hybridized carbons (Fsp3) is 0.714. The van der Waals surface area contributed by atoms with Gasteiger partial charge < -0.3 is 9.64 Å². The van der Waals surface area contributed by atoms with Crippen LogP contribution in [0.2, 0.25) is 0 Å². The lowest BCUT2D eigenvalue weighted by Gasteiger charge is -2.30. The molecule has 2 saturated heterocycles. The van der Waals surface area contributed by atoms with Crippen molar-refractivity contribution in [1.29, 1.82) is 0 Å². The molecule has 0 spiro atoms. The van der Waals surface area contributed by atoms with Crippen molar-refractivity contribution in [3.05, 3.63) is 18.0 Å². The van der Waals surface area contributed by atoms with E-state index in [9.17, 15) is 4.79 Å². The Morgan fingerprint density at radius 3 is 2.90 bits per heavy atom. The summed E-state index contributed by atoms with van der Waals surface area (Å²) in [7, 11) is 1.93. The number of morpholine rings is 1. The number of carbonyl (C=O) groups excluding carboxylic acids is 1. The molecule has 6 nitrogen and oxygen atoms in total. The van der Waals surface area contributed by atoms with E-state index >= 15 is 0 Å². The second-order valence-corrected chi connectivity index (χ2v) is 5.57. The first-order valence-corrected chi connectivity index (χ1v) is 7.32. The highest BCUT2D eigenvalue weighted by Crippen LogP contribution is 2.31. The second-order valence-electron chi connectivity index (χ2n) is 5.57. The smallest absolute Gasteiger partial charge is 0.236 e. The van der Waals surface area contributed by atoms with Crippen LogP contribution in [0.25, 0.3) is 0 Å². The Balaban J connectivity index is 1.62. The van der Waals surface area contributed by atoms with Gasteiger partial charge in [0.1, 0.15) is 0 Å². The van der Waals surface area contributed by atoms with Crippen LogP contribution in [0.15, 0.2) is 12.4 Å². The van der Waals surface area contributed by atoms with Gasteiger partial charge in [-0.25, -0.2) is 0 Å². The molecule has 110 valence electrons. The van der Waals surface area contributed by atoms with E-state index in [0.717, 1.165) is 32.5 Å². The predicted octanol–water partition coefficient (Wildman–Crippen LogP) is 0.416. The van der Waals surface area contributed by atoms with Gasteiger partial charge in [-0.1, -0.05) is 0 Å². The Hall–Kier alpha value is -1.40. The van der Waals surface area contributed by atoms with Crippen molar-refractivity contribution < 1.29 is 9.53 Å². The van der Waals surface area contributed by atoms with Crippen LogP contribution in [0, 0.1) is 0 Å². The minimum atomic E-state index is 0.226. The Labute approximate surface area is 119 Å². The van der Waals surface area contributed by atoms with Gasteiger partial charge in [-0.05, 0) is 19.4 Å². The molecular weight excluding hydrogens is 256 g/mol. The third-order valence-corrected chi connectivity index (χ3v) is 4.18. The number of aryl methyl sites for hydroxylation is 1. The molecule has 0 radical (unpaired) electrons. The molecule has 0 aliphatic carbocycles. The number of aromatic nitrogens is 2. The molecule has 0 bridgehead atoms. The average Bonchev–Trinajstić information content (AvgIpc) is 3.08. The lowest BCUT2D eigenvalue weighted by atomic mass is 10.1. The predicted molar refractivity (Wildman–Crippen MR) is 74.2 cm³/mol. The molecule has 2 aliphatic rings. The third-order valence-electron chi connectivity index (χ3n) is 4.18. The van der Waals surface area contributed by atoms with Crippen molar-refractivity contribution in [2.75, 3.05) is 39.4 Å². The number of nitrogens with zero attached hydrogens (tertiary/aromatic N) is 4. The quantitative estimate of drug-likeness (QED) is 0.804. The van der Waals surface area contributed by atoms with Crippen LogP contribution in [0.1, 0.15) is 24.4 Å². The first-order valence-electron chi connectivity index (χ1n) is 7.32. The third kappa shape index (κ3) is 2.86. The number of likely N-dealkylation sites (tertiary alicyclic amines) is 1. The highest BCUT2D eigenvalue weighted by molar-refractivity contribution is 5.78. The Morgan fingerprint density at radius 2 is 2.20 bits per heavy atom. The number of carbonyl (C=O) groups is 1. The van der Waals surface area contributed by atoms with Crippen LogP contribution in [0.3, 0.4) is 0 Å². The molecule has 2 fully saturated rings. The molecule has 20 heavy (non-hydrogen) atoms. The van der Waals surface area contributed by atoms with Crippen molar-refractivity contribution in [3.63, 3.8) is 0 Å².